The van der Waals surface area contributed by atoms with Gasteiger partial charge in [-0.2, -0.15) is 0 Å². The highest BCUT2D eigenvalue weighted by Crippen LogP contribution is 2.15. The highest BCUT2D eigenvalue weighted by molar-refractivity contribution is 6.04. The number of carbonyl (C=O) groups is 1. The standard InChI is InChI=1S/C22H22N2O2/c1-15-6-9-18(10-7-15)14-24-12-4-5-20(22(24)26)21(25)23-19-11-8-16(2)17(3)13-19/h4-13H,14H2,1-3H3,(H,23,25). The fourth-order valence-corrected chi connectivity index (χ4v) is 2.74. The smallest absolute Gasteiger partial charge is 0.263 e. The van der Waals surface area contributed by atoms with E-state index in [2.05, 4.69) is 5.32 Å². The molecule has 1 N–H and O–H groups in total. The maximum Gasteiger partial charge on any atom is 0.263 e. The van der Waals surface area contributed by atoms with Crippen LogP contribution in [0.25, 0.3) is 0 Å². The number of aryl methyl sites for hydroxylation is 3. The first-order chi connectivity index (χ1) is 12.4. The lowest BCUT2D eigenvalue weighted by Gasteiger charge is -2.10. The Morgan fingerprint density at radius 2 is 1.69 bits per heavy atom. The average Bonchev–Trinajstić information content (AvgIpc) is 2.62. The molecule has 1 heterocycles. The van der Waals surface area contributed by atoms with Crippen LogP contribution in [0.1, 0.15) is 32.6 Å². The minimum Gasteiger partial charge on any atom is -0.322 e. The molecule has 4 nitrogen and oxygen atoms in total. The molecule has 0 fully saturated rings. The molecule has 0 bridgehead atoms. The molecule has 0 saturated carbocycles. The van der Waals surface area contributed by atoms with Gasteiger partial charge in [0.1, 0.15) is 5.56 Å². The molecule has 1 amide bonds. The number of nitrogens with one attached hydrogen (secondary N) is 1. The second-order valence-electron chi connectivity index (χ2n) is 6.59. The van der Waals surface area contributed by atoms with Crippen molar-refractivity contribution in [2.75, 3.05) is 5.32 Å². The van der Waals surface area contributed by atoms with E-state index in [1.54, 1.807) is 22.9 Å². The summed E-state index contributed by atoms with van der Waals surface area (Å²) in [6, 6.07) is 17.0. The summed E-state index contributed by atoms with van der Waals surface area (Å²) in [5.74, 6) is -0.392. The maximum atomic E-state index is 12.7. The molecule has 0 aliphatic rings. The zero-order valence-corrected chi connectivity index (χ0v) is 15.2. The van der Waals surface area contributed by atoms with Crippen molar-refractivity contribution >= 4 is 11.6 Å². The number of carbonyl (C=O) groups excluding carboxylic acids is 1. The van der Waals surface area contributed by atoms with E-state index < -0.39 is 5.91 Å². The van der Waals surface area contributed by atoms with Crippen molar-refractivity contribution in [2.24, 2.45) is 0 Å². The number of hydrogen-bond donors (Lipinski definition) is 1. The third-order valence-corrected chi connectivity index (χ3v) is 4.50. The Balaban J connectivity index is 1.83. The third kappa shape index (κ3) is 3.91. The van der Waals surface area contributed by atoms with Gasteiger partial charge in [-0.3, -0.25) is 9.59 Å². The van der Waals surface area contributed by atoms with Gasteiger partial charge in [-0.25, -0.2) is 0 Å². The average molecular weight is 346 g/mol. The van der Waals surface area contributed by atoms with Crippen LogP contribution < -0.4 is 10.9 Å². The van der Waals surface area contributed by atoms with Crippen LogP contribution in [0.5, 0.6) is 0 Å². The predicted octanol–water partition coefficient (Wildman–Crippen LogP) is 4.07. The van der Waals surface area contributed by atoms with E-state index in [4.69, 9.17) is 0 Å². The van der Waals surface area contributed by atoms with E-state index in [1.807, 2.05) is 63.2 Å². The van der Waals surface area contributed by atoms with Gasteiger partial charge in [0.2, 0.25) is 0 Å². The van der Waals surface area contributed by atoms with E-state index in [9.17, 15) is 9.59 Å². The van der Waals surface area contributed by atoms with Gasteiger partial charge in [-0.15, -0.1) is 0 Å². The quantitative estimate of drug-likeness (QED) is 0.774. The Morgan fingerprint density at radius 3 is 2.38 bits per heavy atom. The van der Waals surface area contributed by atoms with Crippen molar-refractivity contribution in [3.63, 3.8) is 0 Å². The molecule has 0 spiro atoms. The molecule has 0 aliphatic carbocycles. The number of benzene rings is 2. The molecular formula is C22H22N2O2. The molecule has 2 aromatic carbocycles. The van der Waals surface area contributed by atoms with Gasteiger partial charge in [0.05, 0.1) is 6.54 Å². The lowest BCUT2D eigenvalue weighted by molar-refractivity contribution is 0.102. The lowest BCUT2D eigenvalue weighted by atomic mass is 10.1. The van der Waals surface area contributed by atoms with Crippen molar-refractivity contribution in [2.45, 2.75) is 27.3 Å². The van der Waals surface area contributed by atoms with Crippen molar-refractivity contribution in [1.82, 2.24) is 4.57 Å². The van der Waals surface area contributed by atoms with Gasteiger partial charge in [0.25, 0.3) is 11.5 Å². The molecule has 3 rings (SSSR count). The number of anilines is 1. The van der Waals surface area contributed by atoms with Gasteiger partial charge in [0, 0.05) is 11.9 Å². The summed E-state index contributed by atoms with van der Waals surface area (Å²) >= 11 is 0. The Hall–Kier alpha value is -3.14. The van der Waals surface area contributed by atoms with E-state index in [1.165, 1.54) is 5.56 Å². The molecule has 132 valence electrons. The summed E-state index contributed by atoms with van der Waals surface area (Å²) < 4.78 is 1.56. The molecule has 0 aliphatic heterocycles. The lowest BCUT2D eigenvalue weighted by Crippen LogP contribution is -2.29. The summed E-state index contributed by atoms with van der Waals surface area (Å²) in [6.07, 6.45) is 1.70. The van der Waals surface area contributed by atoms with E-state index in [0.717, 1.165) is 16.7 Å². The normalized spacial score (nSPS) is 10.6. The predicted molar refractivity (Wildman–Crippen MR) is 105 cm³/mol. The molecular weight excluding hydrogens is 324 g/mol. The molecule has 0 saturated heterocycles. The zero-order valence-electron chi connectivity index (χ0n) is 15.2. The zero-order chi connectivity index (χ0) is 18.7. The molecule has 0 radical (unpaired) electrons. The van der Waals surface area contributed by atoms with Crippen LogP contribution in [0.3, 0.4) is 0 Å². The van der Waals surface area contributed by atoms with E-state index in [-0.39, 0.29) is 11.1 Å². The fraction of sp³-hybridized carbons (Fsp3) is 0.182. The van der Waals surface area contributed by atoms with Crippen molar-refractivity contribution in [1.29, 1.82) is 0 Å². The summed E-state index contributed by atoms with van der Waals surface area (Å²) in [5, 5.41) is 2.81. The second-order valence-corrected chi connectivity index (χ2v) is 6.59. The Morgan fingerprint density at radius 1 is 0.962 bits per heavy atom. The number of rotatable bonds is 4. The van der Waals surface area contributed by atoms with Crippen LogP contribution in [0.4, 0.5) is 5.69 Å². The highest BCUT2D eigenvalue weighted by Gasteiger charge is 2.13. The Kier molecular flexibility index (Phi) is 5.03. The first-order valence-corrected chi connectivity index (χ1v) is 8.57. The molecule has 0 unspecified atom stereocenters. The van der Waals surface area contributed by atoms with Gasteiger partial charge < -0.3 is 9.88 Å². The Bertz CT molecular complexity index is 1000. The van der Waals surface area contributed by atoms with Crippen LogP contribution in [-0.2, 0) is 6.54 Å². The van der Waals surface area contributed by atoms with Crippen molar-refractivity contribution in [3.05, 3.63) is 99.0 Å². The fourth-order valence-electron chi connectivity index (χ4n) is 2.74. The van der Waals surface area contributed by atoms with Crippen LogP contribution >= 0.6 is 0 Å². The summed E-state index contributed by atoms with van der Waals surface area (Å²) in [6.45, 7) is 6.46. The van der Waals surface area contributed by atoms with Gasteiger partial charge in [-0.05, 0) is 61.7 Å². The molecule has 4 heteroatoms. The number of aromatic nitrogens is 1. The third-order valence-electron chi connectivity index (χ3n) is 4.50. The van der Waals surface area contributed by atoms with Gasteiger partial charge >= 0.3 is 0 Å². The van der Waals surface area contributed by atoms with Crippen LogP contribution in [0.2, 0.25) is 0 Å². The van der Waals surface area contributed by atoms with Crippen LogP contribution in [0.15, 0.2) is 65.6 Å². The minimum atomic E-state index is -0.392. The van der Waals surface area contributed by atoms with Crippen LogP contribution in [-0.4, -0.2) is 10.5 Å². The number of pyridine rings is 1. The topological polar surface area (TPSA) is 51.1 Å². The van der Waals surface area contributed by atoms with Crippen LogP contribution in [0, 0.1) is 20.8 Å². The van der Waals surface area contributed by atoms with Crippen molar-refractivity contribution in [3.8, 4) is 0 Å². The van der Waals surface area contributed by atoms with E-state index in [0.29, 0.717) is 12.2 Å². The summed E-state index contributed by atoms with van der Waals surface area (Å²) in [5.41, 5.74) is 4.96. The first kappa shape index (κ1) is 17.7. The number of amides is 1. The van der Waals surface area contributed by atoms with Crippen molar-refractivity contribution < 1.29 is 4.79 Å². The summed E-state index contributed by atoms with van der Waals surface area (Å²) in [4.78, 5) is 25.3. The maximum absolute atomic E-state index is 12.7. The van der Waals surface area contributed by atoms with Gasteiger partial charge in [0.15, 0.2) is 0 Å². The first-order valence-electron chi connectivity index (χ1n) is 8.57. The Labute approximate surface area is 153 Å². The number of nitrogens with zero attached hydrogens (tertiary/aromatic N) is 1. The monoisotopic (exact) mass is 346 g/mol. The molecule has 26 heavy (non-hydrogen) atoms. The summed E-state index contributed by atoms with van der Waals surface area (Å²) in [7, 11) is 0. The molecule has 3 aromatic rings. The number of hydrogen-bond acceptors (Lipinski definition) is 2. The second kappa shape index (κ2) is 7.40. The highest BCUT2D eigenvalue weighted by atomic mass is 16.2. The van der Waals surface area contributed by atoms with Gasteiger partial charge in [-0.1, -0.05) is 35.9 Å². The SMILES string of the molecule is Cc1ccc(Cn2cccc(C(=O)Nc3ccc(C)c(C)c3)c2=O)cc1. The minimum absolute atomic E-state index is 0.137. The molecule has 1 aromatic heterocycles. The largest absolute Gasteiger partial charge is 0.322 e. The van der Waals surface area contributed by atoms with E-state index >= 15 is 0 Å². The molecule has 0 atom stereocenters.